The van der Waals surface area contributed by atoms with E-state index in [2.05, 4.69) is 20.6 Å². The third-order valence-corrected chi connectivity index (χ3v) is 4.49. The average Bonchev–Trinajstić information content (AvgIpc) is 2.75. The first-order valence-electron chi connectivity index (χ1n) is 9.51. The Morgan fingerprint density at radius 2 is 1.97 bits per heavy atom. The number of nitrogens with two attached hydrogens (primary N) is 1. The van der Waals surface area contributed by atoms with Gasteiger partial charge in [0.25, 0.3) is 17.3 Å². The topological polar surface area (TPSA) is 206 Å². The molecule has 13 heteroatoms. The van der Waals surface area contributed by atoms with Crippen molar-refractivity contribution in [3.8, 4) is 11.6 Å². The third kappa shape index (κ3) is 5.65. The van der Waals surface area contributed by atoms with Crippen molar-refractivity contribution < 1.29 is 34.1 Å². The van der Waals surface area contributed by atoms with Crippen molar-refractivity contribution >= 4 is 29.5 Å². The number of aromatic nitrogens is 2. The minimum atomic E-state index is -1.31. The van der Waals surface area contributed by atoms with Gasteiger partial charge in [-0.1, -0.05) is 0 Å². The predicted octanol–water partition coefficient (Wildman–Crippen LogP) is -0.348. The Morgan fingerprint density at radius 3 is 2.62 bits per heavy atom. The summed E-state index contributed by atoms with van der Waals surface area (Å²) in [4.78, 5) is 52.2. The number of nitrogen functional groups attached to an aromatic ring is 1. The van der Waals surface area contributed by atoms with Crippen LogP contribution < -0.4 is 31.4 Å². The molecule has 1 aliphatic heterocycles. The molecule has 2 aromatic rings. The number of amides is 1. The standard InChI is InChI=1S/C19H21N5O8/c20-19-23-16(28)14-17(24-19)31-8-11(32-14)7-21-10-3-1-9(2-4-10)15(27)22-12(18(29)30)5-6-13(25)26/h1-4,11-12,21H,5-8H2,(H,22,27)(H,25,26)(H,29,30)(H3,20,23,24,28). The molecule has 1 aromatic heterocycles. The molecule has 1 amide bonds. The summed E-state index contributed by atoms with van der Waals surface area (Å²) in [5, 5.41) is 23.2. The van der Waals surface area contributed by atoms with Gasteiger partial charge in [-0.2, -0.15) is 4.98 Å². The fourth-order valence-electron chi connectivity index (χ4n) is 2.87. The van der Waals surface area contributed by atoms with Crippen molar-refractivity contribution in [1.29, 1.82) is 0 Å². The Hall–Kier alpha value is -4.29. The molecule has 2 heterocycles. The largest absolute Gasteiger partial charge is 0.481 e. The number of rotatable bonds is 9. The zero-order valence-corrected chi connectivity index (χ0v) is 16.7. The first kappa shape index (κ1) is 22.4. The lowest BCUT2D eigenvalue weighted by atomic mass is 10.1. The lowest BCUT2D eigenvalue weighted by molar-refractivity contribution is -0.140. The Bertz CT molecular complexity index is 1070. The van der Waals surface area contributed by atoms with E-state index < -0.39 is 35.6 Å². The van der Waals surface area contributed by atoms with Gasteiger partial charge >= 0.3 is 11.9 Å². The first-order valence-corrected chi connectivity index (χ1v) is 9.51. The molecular formula is C19H21N5O8. The summed E-state index contributed by atoms with van der Waals surface area (Å²) >= 11 is 0. The van der Waals surface area contributed by atoms with Gasteiger partial charge in [0.05, 0.1) is 6.54 Å². The summed E-state index contributed by atoms with van der Waals surface area (Å²) in [6, 6.07) is 4.87. The number of carboxylic acids is 2. The third-order valence-electron chi connectivity index (χ3n) is 4.49. The number of anilines is 2. The molecule has 13 nitrogen and oxygen atoms in total. The zero-order chi connectivity index (χ0) is 23.3. The lowest BCUT2D eigenvalue weighted by Crippen LogP contribution is -2.41. The minimum Gasteiger partial charge on any atom is -0.481 e. The van der Waals surface area contributed by atoms with Gasteiger partial charge in [0.2, 0.25) is 11.7 Å². The van der Waals surface area contributed by atoms with Crippen LogP contribution in [0.25, 0.3) is 0 Å². The van der Waals surface area contributed by atoms with Crippen LogP contribution in [0.4, 0.5) is 11.6 Å². The molecule has 7 N–H and O–H groups in total. The van der Waals surface area contributed by atoms with Crippen LogP contribution in [0.15, 0.2) is 29.1 Å². The highest BCUT2D eigenvalue weighted by molar-refractivity contribution is 5.96. The molecule has 170 valence electrons. The number of hydrogen-bond donors (Lipinski definition) is 6. The fourth-order valence-corrected chi connectivity index (χ4v) is 2.87. The van der Waals surface area contributed by atoms with Crippen LogP contribution in [0.1, 0.15) is 23.2 Å². The normalized spacial score (nSPS) is 15.4. The maximum atomic E-state index is 12.3. The number of hydrogen-bond acceptors (Lipinski definition) is 9. The number of nitrogens with zero attached hydrogens (tertiary/aromatic N) is 1. The smallest absolute Gasteiger partial charge is 0.326 e. The second-order valence-corrected chi connectivity index (χ2v) is 6.89. The van der Waals surface area contributed by atoms with E-state index in [9.17, 15) is 19.2 Å². The van der Waals surface area contributed by atoms with Crippen LogP contribution in [0.2, 0.25) is 0 Å². The molecule has 0 spiro atoms. The van der Waals surface area contributed by atoms with Gasteiger partial charge < -0.3 is 36.1 Å². The van der Waals surface area contributed by atoms with E-state index in [0.29, 0.717) is 5.69 Å². The highest BCUT2D eigenvalue weighted by Gasteiger charge is 2.26. The summed E-state index contributed by atoms with van der Waals surface area (Å²) in [6.07, 6.45) is -1.09. The van der Waals surface area contributed by atoms with E-state index in [0.717, 1.165) is 0 Å². The number of carbonyl (C=O) groups excluding carboxylic acids is 1. The zero-order valence-electron chi connectivity index (χ0n) is 16.7. The minimum absolute atomic E-state index is 0.0286. The van der Waals surface area contributed by atoms with E-state index in [4.69, 9.17) is 25.4 Å². The van der Waals surface area contributed by atoms with E-state index in [-0.39, 0.29) is 49.1 Å². The Kier molecular flexibility index (Phi) is 6.77. The number of H-pyrrole nitrogens is 1. The average molecular weight is 447 g/mol. The number of fused-ring (bicyclic) bond motifs is 1. The second kappa shape index (κ2) is 9.68. The number of aromatic amines is 1. The van der Waals surface area contributed by atoms with Crippen molar-refractivity contribution in [2.75, 3.05) is 24.2 Å². The lowest BCUT2D eigenvalue weighted by Gasteiger charge is -2.25. The van der Waals surface area contributed by atoms with Gasteiger partial charge in [0.1, 0.15) is 12.6 Å². The molecule has 32 heavy (non-hydrogen) atoms. The molecular weight excluding hydrogens is 426 g/mol. The number of carboxylic acid groups (broad SMARTS) is 2. The number of nitrogens with one attached hydrogen (secondary N) is 3. The van der Waals surface area contributed by atoms with Crippen LogP contribution in [0.5, 0.6) is 11.6 Å². The first-order chi connectivity index (χ1) is 15.2. The van der Waals surface area contributed by atoms with Gasteiger partial charge in [-0.3, -0.25) is 19.4 Å². The van der Waals surface area contributed by atoms with Gasteiger partial charge in [-0.25, -0.2) is 4.79 Å². The van der Waals surface area contributed by atoms with Crippen molar-refractivity contribution in [2.45, 2.75) is 25.0 Å². The number of benzene rings is 1. The summed E-state index contributed by atoms with van der Waals surface area (Å²) in [7, 11) is 0. The van der Waals surface area contributed by atoms with Crippen LogP contribution in [-0.4, -0.2) is 63.3 Å². The molecule has 0 radical (unpaired) electrons. The molecule has 3 rings (SSSR count). The molecule has 0 saturated carbocycles. The van der Waals surface area contributed by atoms with E-state index in [1.807, 2.05) is 0 Å². The molecule has 0 bridgehead atoms. The van der Waals surface area contributed by atoms with Crippen molar-refractivity contribution in [2.24, 2.45) is 0 Å². The van der Waals surface area contributed by atoms with E-state index in [1.54, 1.807) is 12.1 Å². The quantitative estimate of drug-likeness (QED) is 0.293. The predicted molar refractivity (Wildman–Crippen MR) is 110 cm³/mol. The monoisotopic (exact) mass is 447 g/mol. The van der Waals surface area contributed by atoms with Gasteiger partial charge in [0.15, 0.2) is 6.10 Å². The fraction of sp³-hybridized carbons (Fsp3) is 0.316. The molecule has 1 aliphatic rings. The molecule has 1 aromatic carbocycles. The van der Waals surface area contributed by atoms with Gasteiger partial charge in [-0.05, 0) is 30.7 Å². The summed E-state index contributed by atoms with van der Waals surface area (Å²) in [6.45, 7) is 0.425. The summed E-state index contributed by atoms with van der Waals surface area (Å²) < 4.78 is 11.0. The Morgan fingerprint density at radius 1 is 1.25 bits per heavy atom. The molecule has 0 saturated heterocycles. The number of aliphatic carboxylic acids is 2. The van der Waals surface area contributed by atoms with Crippen molar-refractivity contribution in [3.05, 3.63) is 40.2 Å². The Balaban J connectivity index is 1.54. The van der Waals surface area contributed by atoms with Gasteiger partial charge in [-0.15, -0.1) is 0 Å². The summed E-state index contributed by atoms with van der Waals surface area (Å²) in [5.74, 6) is -3.20. The molecule has 2 unspecified atom stereocenters. The van der Waals surface area contributed by atoms with Gasteiger partial charge in [0, 0.05) is 17.7 Å². The number of ether oxygens (including phenoxy) is 2. The Labute approximate surface area is 180 Å². The van der Waals surface area contributed by atoms with E-state index >= 15 is 0 Å². The maximum Gasteiger partial charge on any atom is 0.326 e. The highest BCUT2D eigenvalue weighted by atomic mass is 16.6. The van der Waals surface area contributed by atoms with Crippen LogP contribution >= 0.6 is 0 Å². The van der Waals surface area contributed by atoms with Crippen molar-refractivity contribution in [3.63, 3.8) is 0 Å². The second-order valence-electron chi connectivity index (χ2n) is 6.89. The van der Waals surface area contributed by atoms with Crippen LogP contribution in [0, 0.1) is 0 Å². The van der Waals surface area contributed by atoms with Crippen LogP contribution in [0.3, 0.4) is 0 Å². The van der Waals surface area contributed by atoms with Crippen molar-refractivity contribution in [1.82, 2.24) is 15.3 Å². The highest BCUT2D eigenvalue weighted by Crippen LogP contribution is 2.25. The van der Waals surface area contributed by atoms with Crippen LogP contribution in [-0.2, 0) is 9.59 Å². The SMILES string of the molecule is Nc1nc2c(c(=O)[nH]1)OC(CNc1ccc(C(=O)NC(CCC(=O)O)C(=O)O)cc1)CO2. The summed E-state index contributed by atoms with van der Waals surface area (Å²) in [5.41, 5.74) is 5.76. The number of carbonyl (C=O) groups is 3. The maximum absolute atomic E-state index is 12.3. The molecule has 2 atom stereocenters. The van der Waals surface area contributed by atoms with E-state index in [1.165, 1.54) is 12.1 Å². The molecule has 0 fully saturated rings. The molecule has 0 aliphatic carbocycles.